The van der Waals surface area contributed by atoms with Crippen molar-refractivity contribution in [2.45, 2.75) is 17.3 Å². The number of nitrogens with zero attached hydrogens (tertiary/aromatic N) is 7. The molecule has 24 rings (SSSR count). The van der Waals surface area contributed by atoms with E-state index in [9.17, 15) is 0 Å². The van der Waals surface area contributed by atoms with Crippen molar-refractivity contribution in [2.24, 2.45) is 0 Å². The first-order valence-electron chi connectivity index (χ1n) is 35.5. The molecule has 19 aromatic rings. The SMILES string of the molecule is Brc1ccc2c(c1)C1(c3ccccc3O2)c2cccnc2-c2ncccc21.c1ccc2c(c1)Cc1ccc(-n3c4ccccc4c4ccccc43)cc1-2.c1ccc2c(c1)Oc1ccc(-n3c4ccccc4c4cc(-n5c6ccccc6c6ccccc65)ccc43)cc1C21c2cccnc2-c2ncccc21. The molecule has 9 nitrogen and oxygen atoms in total. The first-order chi connectivity index (χ1) is 52.0. The van der Waals surface area contributed by atoms with E-state index in [4.69, 9.17) is 29.4 Å². The van der Waals surface area contributed by atoms with Crippen LogP contribution in [-0.4, -0.2) is 33.6 Å². The van der Waals surface area contributed by atoms with Gasteiger partial charge in [0, 0.05) is 101 Å². The topological polar surface area (TPSA) is 84.8 Å². The van der Waals surface area contributed by atoms with Crippen LogP contribution in [0.2, 0.25) is 0 Å². The van der Waals surface area contributed by atoms with Crippen molar-refractivity contribution in [3.8, 4) is 74.0 Å². The Kier molecular flexibility index (Phi) is 12.9. The Morgan fingerprint density at radius 3 is 1.10 bits per heavy atom. The number of para-hydroxylation sites is 7. The van der Waals surface area contributed by atoms with Crippen molar-refractivity contribution in [1.29, 1.82) is 0 Å². The van der Waals surface area contributed by atoms with Crippen molar-refractivity contribution < 1.29 is 9.47 Å². The summed E-state index contributed by atoms with van der Waals surface area (Å²) in [4.78, 5) is 19.2. The molecule has 0 radical (unpaired) electrons. The maximum atomic E-state index is 6.72. The summed E-state index contributed by atoms with van der Waals surface area (Å²) in [6.45, 7) is 0. The highest BCUT2D eigenvalue weighted by Crippen LogP contribution is 2.63. The second-order valence-electron chi connectivity index (χ2n) is 27.6. The molecule has 0 amide bonds. The summed E-state index contributed by atoms with van der Waals surface area (Å²) < 4.78 is 21.2. The van der Waals surface area contributed by atoms with E-state index in [1.165, 1.54) is 82.3 Å². The molecule has 0 fully saturated rings. The van der Waals surface area contributed by atoms with Gasteiger partial charge in [0.25, 0.3) is 0 Å². The number of halogens is 1. The Hall–Kier alpha value is -13.3. The summed E-state index contributed by atoms with van der Waals surface area (Å²) in [6, 6.07) is 112. The van der Waals surface area contributed by atoms with E-state index in [1.54, 1.807) is 0 Å². The van der Waals surface area contributed by atoms with Crippen LogP contribution >= 0.6 is 15.9 Å². The van der Waals surface area contributed by atoms with Crippen LogP contribution in [0.3, 0.4) is 0 Å². The number of fused-ring (bicyclic) bond motifs is 30. The number of benzene rings is 12. The predicted molar refractivity (Wildman–Crippen MR) is 424 cm³/mol. The smallest absolute Gasteiger partial charge is 0.132 e. The summed E-state index contributed by atoms with van der Waals surface area (Å²) in [5.41, 5.74) is 27.8. The van der Waals surface area contributed by atoms with Crippen molar-refractivity contribution in [3.05, 3.63) is 400 Å². The van der Waals surface area contributed by atoms with Crippen LogP contribution in [0.4, 0.5) is 0 Å². The largest absolute Gasteiger partial charge is 0.457 e. The molecule has 0 atom stereocenters. The third-order valence-electron chi connectivity index (χ3n) is 22.4. The average Bonchev–Trinajstić information content (AvgIpc) is 1.56. The van der Waals surface area contributed by atoms with Gasteiger partial charge < -0.3 is 23.2 Å². The molecule has 10 heteroatoms. The van der Waals surface area contributed by atoms with Gasteiger partial charge >= 0.3 is 0 Å². The van der Waals surface area contributed by atoms with Crippen molar-refractivity contribution in [2.75, 3.05) is 0 Å². The van der Waals surface area contributed by atoms with Gasteiger partial charge in [0.2, 0.25) is 0 Å². The van der Waals surface area contributed by atoms with Crippen LogP contribution in [-0.2, 0) is 17.3 Å². The zero-order chi connectivity index (χ0) is 69.1. The van der Waals surface area contributed by atoms with Gasteiger partial charge in [-0.1, -0.05) is 198 Å². The number of ether oxygens (including phenoxy) is 2. The van der Waals surface area contributed by atoms with E-state index >= 15 is 0 Å². The molecule has 0 N–H and O–H groups in total. The molecule has 12 aromatic carbocycles. The lowest BCUT2D eigenvalue weighted by Crippen LogP contribution is -2.32. The van der Waals surface area contributed by atoms with Gasteiger partial charge in [-0.2, -0.15) is 0 Å². The lowest BCUT2D eigenvalue weighted by Gasteiger charge is -2.39. The molecule has 492 valence electrons. The Morgan fingerprint density at radius 1 is 0.257 bits per heavy atom. The Bertz CT molecular complexity index is 6700. The predicted octanol–water partition coefficient (Wildman–Crippen LogP) is 23.2. The van der Waals surface area contributed by atoms with E-state index in [0.717, 1.165) is 124 Å². The van der Waals surface area contributed by atoms with Gasteiger partial charge in [-0.15, -0.1) is 0 Å². The van der Waals surface area contributed by atoms with Gasteiger partial charge in [-0.25, -0.2) is 0 Å². The molecule has 0 saturated heterocycles. The third kappa shape index (κ3) is 8.45. The Morgan fingerprint density at radius 2 is 0.600 bits per heavy atom. The van der Waals surface area contributed by atoms with Gasteiger partial charge in [0.05, 0.1) is 66.7 Å². The summed E-state index contributed by atoms with van der Waals surface area (Å²) in [5.74, 6) is 3.43. The van der Waals surface area contributed by atoms with Crippen LogP contribution < -0.4 is 9.47 Å². The average molecular weight is 1410 g/mol. The fourth-order valence-electron chi connectivity index (χ4n) is 18.2. The molecule has 0 saturated carbocycles. The fourth-order valence-corrected chi connectivity index (χ4v) is 18.6. The van der Waals surface area contributed by atoms with Crippen LogP contribution in [0.5, 0.6) is 23.0 Å². The van der Waals surface area contributed by atoms with E-state index < -0.39 is 10.8 Å². The lowest BCUT2D eigenvalue weighted by atomic mass is 9.66. The molecule has 105 heavy (non-hydrogen) atoms. The molecular formula is C95H58BrN7O2. The van der Waals surface area contributed by atoms with Crippen molar-refractivity contribution >= 4 is 81.3 Å². The normalized spacial score (nSPS) is 13.6. The van der Waals surface area contributed by atoms with Crippen LogP contribution in [0, 0.1) is 0 Å². The van der Waals surface area contributed by atoms with Crippen molar-refractivity contribution in [3.63, 3.8) is 0 Å². The second-order valence-corrected chi connectivity index (χ2v) is 28.5. The maximum Gasteiger partial charge on any atom is 0.132 e. The lowest BCUT2D eigenvalue weighted by molar-refractivity contribution is 0.436. The highest BCUT2D eigenvalue weighted by Gasteiger charge is 2.54. The van der Waals surface area contributed by atoms with E-state index in [0.29, 0.717) is 0 Å². The van der Waals surface area contributed by atoms with Crippen molar-refractivity contribution in [1.82, 2.24) is 33.6 Å². The number of aromatic nitrogens is 7. The first-order valence-corrected chi connectivity index (χ1v) is 36.3. The van der Waals surface area contributed by atoms with E-state index in [1.807, 2.05) is 79.4 Å². The molecule has 5 aliphatic rings. The van der Waals surface area contributed by atoms with E-state index in [2.05, 4.69) is 290 Å². The number of hydrogen-bond donors (Lipinski definition) is 0. The molecule has 2 aliphatic heterocycles. The van der Waals surface area contributed by atoms with Crippen LogP contribution in [0.15, 0.2) is 345 Å². The molecule has 0 unspecified atom stereocenters. The standard InChI is InChI=1S/C47H28N4O.C25H17N.C23H13BrN2O/c1-5-17-39-31(11-1)32-12-2-6-18-40(32)50(39)29-21-23-42-34(27-29)33-13-3-7-19-41(33)51(42)30-22-24-44-38(28-30)47(35-14-4-8-20-43(35)52-44)36-15-9-25-48-45(36)46-37(47)16-10-26-49-46;1-2-8-20-17(7-1)15-18-13-14-19(16-23(18)20)26-24-11-5-3-9-21(24)22-10-4-6-12-25(22)26;24-14-9-10-20-18(13-14)23(15-5-1-2-8-19(15)27-20)16-6-3-11-25-21(16)22-17(23)7-4-12-26-22/h1-28H;1-14,16H,15H2;1-13H. The number of rotatable bonds is 3. The van der Waals surface area contributed by atoms with Gasteiger partial charge in [0.1, 0.15) is 23.0 Å². The minimum Gasteiger partial charge on any atom is -0.457 e. The fraction of sp³-hybridized carbons (Fsp3) is 0.0316. The number of pyridine rings is 4. The quantitative estimate of drug-likeness (QED) is 0.175. The Labute approximate surface area is 612 Å². The van der Waals surface area contributed by atoms with Gasteiger partial charge in [0.15, 0.2) is 0 Å². The molecule has 7 aromatic heterocycles. The molecule has 3 aliphatic carbocycles. The summed E-state index contributed by atoms with van der Waals surface area (Å²) >= 11 is 3.65. The first kappa shape index (κ1) is 59.4. The van der Waals surface area contributed by atoms with Gasteiger partial charge in [-0.05, 0) is 184 Å². The zero-order valence-corrected chi connectivity index (χ0v) is 57.9. The highest BCUT2D eigenvalue weighted by molar-refractivity contribution is 9.10. The minimum atomic E-state index is -0.643. The molecular weight excluding hydrogens is 1350 g/mol. The zero-order valence-electron chi connectivity index (χ0n) is 56.4. The molecule has 9 heterocycles. The van der Waals surface area contributed by atoms with Gasteiger partial charge in [-0.3, -0.25) is 19.9 Å². The van der Waals surface area contributed by atoms with Crippen LogP contribution in [0.25, 0.3) is 116 Å². The highest BCUT2D eigenvalue weighted by atomic mass is 79.9. The summed E-state index contributed by atoms with van der Waals surface area (Å²) in [7, 11) is 0. The van der Waals surface area contributed by atoms with Crippen LogP contribution in [0.1, 0.15) is 55.6 Å². The Balaban J connectivity index is 0.000000109. The second kappa shape index (κ2) is 22.9. The minimum absolute atomic E-state index is 0.485. The number of hydrogen-bond acceptors (Lipinski definition) is 6. The molecule has 2 spiro atoms. The summed E-state index contributed by atoms with van der Waals surface area (Å²) in [6.07, 6.45) is 8.45. The summed E-state index contributed by atoms with van der Waals surface area (Å²) in [5, 5.41) is 7.54. The molecule has 0 bridgehead atoms. The maximum absolute atomic E-state index is 6.72. The third-order valence-corrected chi connectivity index (χ3v) is 22.9. The van der Waals surface area contributed by atoms with E-state index in [-0.39, 0.29) is 0 Å². The monoisotopic (exact) mass is 1410 g/mol.